The molecule has 0 saturated heterocycles. The zero-order chi connectivity index (χ0) is 11.9. The van der Waals surface area contributed by atoms with E-state index in [1.165, 1.54) is 6.07 Å². The quantitative estimate of drug-likeness (QED) is 0.651. The Hall–Kier alpha value is -1.39. The zero-order valence-electron chi connectivity index (χ0n) is 8.97. The summed E-state index contributed by atoms with van der Waals surface area (Å²) in [6, 6.07) is 4.69. The van der Waals surface area contributed by atoms with Crippen LogP contribution in [0.15, 0.2) is 18.2 Å². The lowest BCUT2D eigenvalue weighted by atomic mass is 9.75. The van der Waals surface area contributed by atoms with Crippen molar-refractivity contribution in [1.29, 1.82) is 0 Å². The van der Waals surface area contributed by atoms with E-state index in [0.29, 0.717) is 5.56 Å². The van der Waals surface area contributed by atoms with Crippen LogP contribution >= 0.6 is 0 Å². The number of hydrogen-bond acceptors (Lipinski definition) is 4. The predicted octanol–water partition coefficient (Wildman–Crippen LogP) is 0.633. The Morgan fingerprint density at radius 2 is 2.19 bits per heavy atom. The van der Waals surface area contributed by atoms with Gasteiger partial charge in [-0.15, -0.1) is 0 Å². The second-order valence-electron chi connectivity index (χ2n) is 4.14. The number of phenols is 1. The minimum absolute atomic E-state index is 0.126. The summed E-state index contributed by atoms with van der Waals surface area (Å²) in [7, 11) is 0. The Bertz CT molecular complexity index is 441. The molecule has 4 nitrogen and oxygen atoms in total. The molecule has 16 heavy (non-hydrogen) atoms. The summed E-state index contributed by atoms with van der Waals surface area (Å²) in [5.74, 6) is -0.733. The number of aliphatic hydroxyl groups is 2. The Labute approximate surface area is 93.2 Å². The average Bonchev–Trinajstić information content (AvgIpc) is 2.26. The first-order chi connectivity index (χ1) is 7.50. The van der Waals surface area contributed by atoms with E-state index in [4.69, 9.17) is 0 Å². The van der Waals surface area contributed by atoms with Crippen LogP contribution in [0.1, 0.15) is 29.3 Å². The number of ketones is 1. The van der Waals surface area contributed by atoms with Crippen LogP contribution in [0.25, 0.3) is 0 Å². The maximum atomic E-state index is 12.0. The Morgan fingerprint density at radius 3 is 2.81 bits per heavy atom. The first-order valence-corrected chi connectivity index (χ1v) is 5.26. The SMILES string of the molecule is CC[C@@]1(O)C(=O)c2c(O)cccc2C[C@@H]1O. The lowest BCUT2D eigenvalue weighted by Crippen LogP contribution is -2.53. The third-order valence-corrected chi connectivity index (χ3v) is 3.25. The number of carbonyl (C=O) groups is 1. The minimum atomic E-state index is -1.77. The van der Waals surface area contributed by atoms with Gasteiger partial charge in [-0.3, -0.25) is 4.79 Å². The van der Waals surface area contributed by atoms with E-state index in [1.54, 1.807) is 19.1 Å². The normalized spacial score (nSPS) is 28.9. The number of carbonyl (C=O) groups excluding carboxylic acids is 1. The number of benzene rings is 1. The molecule has 0 aliphatic heterocycles. The number of phenolic OH excluding ortho intramolecular Hbond substituents is 1. The molecule has 0 fully saturated rings. The van der Waals surface area contributed by atoms with Gasteiger partial charge in [0.25, 0.3) is 0 Å². The first kappa shape index (κ1) is 11.1. The van der Waals surface area contributed by atoms with Gasteiger partial charge in [-0.1, -0.05) is 19.1 Å². The van der Waals surface area contributed by atoms with E-state index in [-0.39, 0.29) is 24.2 Å². The molecule has 0 radical (unpaired) electrons. The molecular weight excluding hydrogens is 208 g/mol. The van der Waals surface area contributed by atoms with Gasteiger partial charge in [-0.2, -0.15) is 0 Å². The van der Waals surface area contributed by atoms with E-state index >= 15 is 0 Å². The van der Waals surface area contributed by atoms with Gasteiger partial charge in [0.2, 0.25) is 5.78 Å². The fraction of sp³-hybridized carbons (Fsp3) is 0.417. The molecule has 1 aromatic rings. The van der Waals surface area contributed by atoms with Crippen molar-refractivity contribution in [3.05, 3.63) is 29.3 Å². The largest absolute Gasteiger partial charge is 0.507 e. The van der Waals surface area contributed by atoms with Gasteiger partial charge in [0, 0.05) is 6.42 Å². The molecule has 1 aliphatic rings. The predicted molar refractivity (Wildman–Crippen MR) is 57.4 cm³/mol. The highest BCUT2D eigenvalue weighted by Gasteiger charge is 2.47. The monoisotopic (exact) mass is 222 g/mol. The third-order valence-electron chi connectivity index (χ3n) is 3.25. The van der Waals surface area contributed by atoms with Crippen LogP contribution in [0.4, 0.5) is 0 Å². The molecule has 2 atom stereocenters. The van der Waals surface area contributed by atoms with Crippen molar-refractivity contribution in [2.45, 2.75) is 31.5 Å². The van der Waals surface area contributed by atoms with Crippen LogP contribution in [-0.4, -0.2) is 32.8 Å². The highest BCUT2D eigenvalue weighted by molar-refractivity contribution is 6.07. The number of aliphatic hydroxyl groups excluding tert-OH is 1. The topological polar surface area (TPSA) is 77.8 Å². The summed E-state index contributed by atoms with van der Waals surface area (Å²) in [6.45, 7) is 1.63. The number of rotatable bonds is 1. The average molecular weight is 222 g/mol. The minimum Gasteiger partial charge on any atom is -0.507 e. The Morgan fingerprint density at radius 1 is 1.50 bits per heavy atom. The Kier molecular flexibility index (Phi) is 2.48. The standard InChI is InChI=1S/C12H14O4/c1-2-12(16)9(14)6-7-4-3-5-8(13)10(7)11(12)15/h3-5,9,13-14,16H,2,6H2,1H3/t9-,12-/m0/s1. The van der Waals surface area contributed by atoms with Gasteiger partial charge in [-0.05, 0) is 18.1 Å². The van der Waals surface area contributed by atoms with Gasteiger partial charge in [0.15, 0.2) is 5.60 Å². The molecular formula is C12H14O4. The van der Waals surface area contributed by atoms with Gasteiger partial charge >= 0.3 is 0 Å². The van der Waals surface area contributed by atoms with Gasteiger partial charge < -0.3 is 15.3 Å². The summed E-state index contributed by atoms with van der Waals surface area (Å²) in [5.41, 5.74) is -1.06. The molecule has 1 aromatic carbocycles. The van der Waals surface area contributed by atoms with Crippen molar-refractivity contribution >= 4 is 5.78 Å². The van der Waals surface area contributed by atoms with E-state index in [2.05, 4.69) is 0 Å². The van der Waals surface area contributed by atoms with Crippen LogP contribution in [0.2, 0.25) is 0 Å². The molecule has 4 heteroatoms. The highest BCUT2D eigenvalue weighted by atomic mass is 16.3. The third kappa shape index (κ3) is 1.34. The summed E-state index contributed by atoms with van der Waals surface area (Å²) in [6.07, 6.45) is -0.806. The van der Waals surface area contributed by atoms with Crippen LogP contribution in [0.3, 0.4) is 0 Å². The van der Waals surface area contributed by atoms with Crippen LogP contribution in [0.5, 0.6) is 5.75 Å². The molecule has 0 spiro atoms. The van der Waals surface area contributed by atoms with E-state index in [9.17, 15) is 20.1 Å². The number of hydrogen-bond donors (Lipinski definition) is 3. The van der Waals surface area contributed by atoms with Gasteiger partial charge in [0.05, 0.1) is 11.7 Å². The Balaban J connectivity index is 2.60. The summed E-state index contributed by atoms with van der Waals surface area (Å²) in [4.78, 5) is 12.0. The van der Waals surface area contributed by atoms with Crippen molar-refractivity contribution < 1.29 is 20.1 Å². The second kappa shape index (κ2) is 3.57. The summed E-state index contributed by atoms with van der Waals surface area (Å²) >= 11 is 0. The molecule has 0 unspecified atom stereocenters. The molecule has 0 amide bonds. The van der Waals surface area contributed by atoms with Crippen molar-refractivity contribution in [2.75, 3.05) is 0 Å². The van der Waals surface area contributed by atoms with Crippen molar-refractivity contribution in [2.24, 2.45) is 0 Å². The smallest absolute Gasteiger partial charge is 0.201 e. The van der Waals surface area contributed by atoms with Crippen molar-refractivity contribution in [1.82, 2.24) is 0 Å². The number of aromatic hydroxyl groups is 1. The van der Waals surface area contributed by atoms with Crippen molar-refractivity contribution in [3.63, 3.8) is 0 Å². The molecule has 1 aliphatic carbocycles. The van der Waals surface area contributed by atoms with Crippen LogP contribution in [0, 0.1) is 0 Å². The van der Waals surface area contributed by atoms with Crippen LogP contribution < -0.4 is 0 Å². The molecule has 0 heterocycles. The maximum Gasteiger partial charge on any atom is 0.201 e. The molecule has 0 aromatic heterocycles. The van der Waals surface area contributed by atoms with Gasteiger partial charge in [0.1, 0.15) is 5.75 Å². The molecule has 0 saturated carbocycles. The fourth-order valence-corrected chi connectivity index (χ4v) is 2.16. The molecule has 2 rings (SSSR count). The van der Waals surface area contributed by atoms with Crippen LogP contribution in [-0.2, 0) is 6.42 Å². The van der Waals surface area contributed by atoms with E-state index in [1.807, 2.05) is 0 Å². The maximum absolute atomic E-state index is 12.0. The lowest BCUT2D eigenvalue weighted by Gasteiger charge is -2.35. The lowest BCUT2D eigenvalue weighted by molar-refractivity contribution is -0.0560. The zero-order valence-corrected chi connectivity index (χ0v) is 8.97. The summed E-state index contributed by atoms with van der Waals surface area (Å²) in [5, 5.41) is 29.5. The van der Waals surface area contributed by atoms with E-state index in [0.717, 1.165) is 0 Å². The first-order valence-electron chi connectivity index (χ1n) is 5.26. The number of Topliss-reactive ketones (excluding diaryl/α,β-unsaturated/α-hetero) is 1. The summed E-state index contributed by atoms with van der Waals surface area (Å²) < 4.78 is 0. The highest BCUT2D eigenvalue weighted by Crippen LogP contribution is 2.35. The second-order valence-corrected chi connectivity index (χ2v) is 4.14. The van der Waals surface area contributed by atoms with E-state index < -0.39 is 17.5 Å². The molecule has 3 N–H and O–H groups in total. The molecule has 0 bridgehead atoms. The fourth-order valence-electron chi connectivity index (χ4n) is 2.16. The molecule has 86 valence electrons. The van der Waals surface area contributed by atoms with Gasteiger partial charge in [-0.25, -0.2) is 0 Å². The number of fused-ring (bicyclic) bond motifs is 1. The van der Waals surface area contributed by atoms with Crippen molar-refractivity contribution in [3.8, 4) is 5.75 Å².